The van der Waals surface area contributed by atoms with Crippen LogP contribution in [0.15, 0.2) is 24.3 Å². The Balaban J connectivity index is 2.75. The van der Waals surface area contributed by atoms with Crippen molar-refractivity contribution in [3.05, 3.63) is 35.9 Å². The Labute approximate surface area is 59.1 Å². The maximum absolute atomic E-state index is 11.8. The summed E-state index contributed by atoms with van der Waals surface area (Å²) in [5.74, 6) is 0. The predicted molar refractivity (Wildman–Crippen MR) is 36.2 cm³/mol. The normalized spacial score (nSPS) is 13.0. The van der Waals surface area contributed by atoms with Crippen LogP contribution in [-0.4, -0.2) is 11.8 Å². The molecule has 0 aliphatic carbocycles. The van der Waals surface area contributed by atoms with Crippen LogP contribution in [-0.2, 0) is 0 Å². The molecule has 0 amide bonds. The van der Waals surface area contributed by atoms with E-state index in [0.29, 0.717) is 5.56 Å². The van der Waals surface area contributed by atoms with Gasteiger partial charge in [0.1, 0.15) is 12.8 Å². The molecule has 1 atom stereocenters. The van der Waals surface area contributed by atoms with Crippen molar-refractivity contribution in [1.29, 1.82) is 0 Å². The molecule has 1 rings (SSSR count). The number of hydrogen-bond acceptors (Lipinski definition) is 1. The summed E-state index contributed by atoms with van der Waals surface area (Å²) in [6.07, 6.45) is -0.977. The van der Waals surface area contributed by atoms with E-state index in [1.165, 1.54) is 0 Å². The van der Waals surface area contributed by atoms with Crippen LogP contribution >= 0.6 is 0 Å². The number of aliphatic hydroxyl groups excluding tert-OH is 1. The van der Waals surface area contributed by atoms with Gasteiger partial charge in [-0.2, -0.15) is 0 Å². The Morgan fingerprint density at radius 3 is 2.60 bits per heavy atom. The minimum absolute atomic E-state index is 0.598. The van der Waals surface area contributed by atoms with Crippen molar-refractivity contribution in [2.75, 3.05) is 6.67 Å². The maximum atomic E-state index is 11.8. The van der Waals surface area contributed by atoms with Gasteiger partial charge in [-0.1, -0.05) is 24.3 Å². The van der Waals surface area contributed by atoms with E-state index in [1.54, 1.807) is 24.3 Å². The molecule has 1 aromatic carbocycles. The molecule has 0 saturated carbocycles. The lowest BCUT2D eigenvalue weighted by Crippen LogP contribution is -1.97. The topological polar surface area (TPSA) is 20.2 Å². The zero-order valence-corrected chi connectivity index (χ0v) is 5.42. The average molecular weight is 139 g/mol. The Kier molecular flexibility index (Phi) is 2.40. The van der Waals surface area contributed by atoms with Gasteiger partial charge in [-0.05, 0) is 11.6 Å². The van der Waals surface area contributed by atoms with Crippen molar-refractivity contribution in [3.8, 4) is 0 Å². The van der Waals surface area contributed by atoms with E-state index in [1.807, 2.05) is 0 Å². The zero-order valence-electron chi connectivity index (χ0n) is 5.42. The molecule has 1 radical (unpaired) electrons. The lowest BCUT2D eigenvalue weighted by Gasteiger charge is -2.03. The van der Waals surface area contributed by atoms with Gasteiger partial charge in [0.15, 0.2) is 0 Å². The number of rotatable bonds is 2. The Bertz CT molecular complexity index is 186. The number of aliphatic hydroxyl groups is 1. The minimum Gasteiger partial charge on any atom is -0.386 e. The molecule has 0 saturated heterocycles. The molecule has 0 heterocycles. The number of alkyl halides is 1. The van der Waals surface area contributed by atoms with E-state index in [4.69, 9.17) is 5.11 Å². The number of halogens is 1. The third-order valence-corrected chi connectivity index (χ3v) is 1.27. The molecule has 53 valence electrons. The van der Waals surface area contributed by atoms with Gasteiger partial charge >= 0.3 is 0 Å². The molecule has 0 bridgehead atoms. The molecule has 1 aromatic rings. The molecule has 10 heavy (non-hydrogen) atoms. The molecular weight excluding hydrogens is 131 g/mol. The van der Waals surface area contributed by atoms with Gasteiger partial charge in [-0.25, -0.2) is 4.39 Å². The van der Waals surface area contributed by atoms with E-state index in [0.717, 1.165) is 0 Å². The van der Waals surface area contributed by atoms with Crippen LogP contribution in [0, 0.1) is 6.07 Å². The molecule has 0 aliphatic heterocycles. The van der Waals surface area contributed by atoms with Crippen LogP contribution in [0.4, 0.5) is 4.39 Å². The van der Waals surface area contributed by atoms with Gasteiger partial charge in [0.25, 0.3) is 0 Å². The Morgan fingerprint density at radius 2 is 2.10 bits per heavy atom. The van der Waals surface area contributed by atoms with Crippen LogP contribution in [0.2, 0.25) is 0 Å². The third kappa shape index (κ3) is 1.54. The molecule has 1 unspecified atom stereocenters. The van der Waals surface area contributed by atoms with E-state index >= 15 is 0 Å². The second kappa shape index (κ2) is 3.32. The summed E-state index contributed by atoms with van der Waals surface area (Å²) >= 11 is 0. The molecular formula is C8H8FO. The summed E-state index contributed by atoms with van der Waals surface area (Å²) in [6.45, 7) is -0.732. The summed E-state index contributed by atoms with van der Waals surface area (Å²) < 4.78 is 11.8. The van der Waals surface area contributed by atoms with E-state index in [9.17, 15) is 4.39 Å². The highest BCUT2D eigenvalue weighted by Gasteiger charge is 2.03. The quantitative estimate of drug-likeness (QED) is 0.658. The Morgan fingerprint density at radius 1 is 1.50 bits per heavy atom. The standard InChI is InChI=1S/C8H8FO/c9-6-8(10)7-4-2-1-3-5-7/h2-5,8,10H,6H2. The van der Waals surface area contributed by atoms with Crippen LogP contribution in [0.25, 0.3) is 0 Å². The molecule has 2 heteroatoms. The fourth-order valence-electron chi connectivity index (χ4n) is 0.711. The first-order chi connectivity index (χ1) is 4.84. The van der Waals surface area contributed by atoms with Gasteiger partial charge in [0.05, 0.1) is 0 Å². The van der Waals surface area contributed by atoms with Crippen LogP contribution < -0.4 is 0 Å². The summed E-state index contributed by atoms with van der Waals surface area (Å²) in [4.78, 5) is 0. The Hall–Kier alpha value is -0.890. The SMILES string of the molecule is OC(CF)c1cc[c]cc1. The molecule has 0 fully saturated rings. The molecule has 1 N–H and O–H groups in total. The molecule has 0 aliphatic rings. The lowest BCUT2D eigenvalue weighted by atomic mass is 10.1. The monoisotopic (exact) mass is 139 g/mol. The summed E-state index contributed by atoms with van der Waals surface area (Å²) in [7, 11) is 0. The molecule has 0 aromatic heterocycles. The van der Waals surface area contributed by atoms with Crippen LogP contribution in [0.3, 0.4) is 0 Å². The van der Waals surface area contributed by atoms with Gasteiger partial charge in [-0.15, -0.1) is 0 Å². The highest BCUT2D eigenvalue weighted by atomic mass is 19.1. The van der Waals surface area contributed by atoms with Crippen LogP contribution in [0.5, 0.6) is 0 Å². The van der Waals surface area contributed by atoms with Gasteiger partial charge in [0, 0.05) is 0 Å². The first kappa shape index (κ1) is 7.22. The number of hydrogen-bond donors (Lipinski definition) is 1. The van der Waals surface area contributed by atoms with Crippen molar-refractivity contribution in [3.63, 3.8) is 0 Å². The summed E-state index contributed by atoms with van der Waals surface area (Å²) in [5.41, 5.74) is 0.598. The first-order valence-corrected chi connectivity index (χ1v) is 3.04. The van der Waals surface area contributed by atoms with Crippen molar-refractivity contribution in [2.24, 2.45) is 0 Å². The number of benzene rings is 1. The first-order valence-electron chi connectivity index (χ1n) is 3.04. The summed E-state index contributed by atoms with van der Waals surface area (Å²) in [5, 5.41) is 8.94. The predicted octanol–water partition coefficient (Wildman–Crippen LogP) is 1.49. The molecule has 1 nitrogen and oxygen atoms in total. The van der Waals surface area contributed by atoms with Crippen molar-refractivity contribution >= 4 is 0 Å². The third-order valence-electron chi connectivity index (χ3n) is 1.27. The van der Waals surface area contributed by atoms with Crippen molar-refractivity contribution in [2.45, 2.75) is 6.10 Å². The smallest absolute Gasteiger partial charge is 0.119 e. The lowest BCUT2D eigenvalue weighted by molar-refractivity contribution is 0.142. The second-order valence-corrected chi connectivity index (χ2v) is 2.00. The van der Waals surface area contributed by atoms with E-state index in [2.05, 4.69) is 6.07 Å². The van der Waals surface area contributed by atoms with Crippen molar-refractivity contribution in [1.82, 2.24) is 0 Å². The van der Waals surface area contributed by atoms with Gasteiger partial charge in [-0.3, -0.25) is 0 Å². The fraction of sp³-hybridized carbons (Fsp3) is 0.250. The highest BCUT2D eigenvalue weighted by molar-refractivity contribution is 5.16. The largest absolute Gasteiger partial charge is 0.386 e. The second-order valence-electron chi connectivity index (χ2n) is 2.00. The van der Waals surface area contributed by atoms with E-state index < -0.39 is 12.8 Å². The average Bonchev–Trinajstić information content (AvgIpc) is 2.05. The molecule has 0 spiro atoms. The van der Waals surface area contributed by atoms with Crippen LogP contribution in [0.1, 0.15) is 11.7 Å². The van der Waals surface area contributed by atoms with E-state index in [-0.39, 0.29) is 0 Å². The highest BCUT2D eigenvalue weighted by Crippen LogP contribution is 2.10. The van der Waals surface area contributed by atoms with Gasteiger partial charge < -0.3 is 5.11 Å². The van der Waals surface area contributed by atoms with Crippen molar-refractivity contribution < 1.29 is 9.50 Å². The zero-order chi connectivity index (χ0) is 7.40. The minimum atomic E-state index is -0.977. The maximum Gasteiger partial charge on any atom is 0.119 e. The summed E-state index contributed by atoms with van der Waals surface area (Å²) in [6, 6.07) is 9.36. The van der Waals surface area contributed by atoms with Gasteiger partial charge in [0.2, 0.25) is 0 Å². The fourth-order valence-corrected chi connectivity index (χ4v) is 0.711.